The Bertz CT molecular complexity index is 276. The summed E-state index contributed by atoms with van der Waals surface area (Å²) >= 11 is 0. The van der Waals surface area contributed by atoms with Gasteiger partial charge in [0.15, 0.2) is 0 Å². The van der Waals surface area contributed by atoms with Crippen molar-refractivity contribution in [3.8, 4) is 0 Å². The van der Waals surface area contributed by atoms with Crippen LogP contribution in [-0.2, 0) is 9.59 Å². The van der Waals surface area contributed by atoms with Crippen LogP contribution in [0.25, 0.3) is 0 Å². The van der Waals surface area contributed by atoms with E-state index < -0.39 is 5.97 Å². The van der Waals surface area contributed by atoms with Crippen molar-refractivity contribution in [2.24, 2.45) is 5.92 Å². The normalized spacial score (nSPS) is 12.2. The molecule has 0 aromatic heterocycles. The van der Waals surface area contributed by atoms with Crippen LogP contribution in [0.4, 0.5) is 0 Å². The van der Waals surface area contributed by atoms with Gasteiger partial charge in [-0.25, -0.2) is 0 Å². The predicted octanol–water partition coefficient (Wildman–Crippen LogP) is 6.06. The molecule has 3 nitrogen and oxygen atoms in total. The second-order valence-electron chi connectivity index (χ2n) is 6.75. The molecule has 0 heterocycles. The smallest absolute Gasteiger partial charge is 0.303 e. The van der Waals surface area contributed by atoms with Crippen LogP contribution in [0.15, 0.2) is 0 Å². The fourth-order valence-corrected chi connectivity index (χ4v) is 2.96. The first-order chi connectivity index (χ1) is 11.2. The summed E-state index contributed by atoms with van der Waals surface area (Å²) < 4.78 is 0. The summed E-state index contributed by atoms with van der Waals surface area (Å²) in [5.41, 5.74) is 0. The third kappa shape index (κ3) is 17.3. The van der Waals surface area contributed by atoms with E-state index in [1.807, 2.05) is 0 Å². The lowest BCUT2D eigenvalue weighted by atomic mass is 9.99. The van der Waals surface area contributed by atoms with Crippen LogP contribution in [-0.4, -0.2) is 17.4 Å². The highest BCUT2D eigenvalue weighted by molar-refractivity contribution is 5.66. The number of rotatable bonds is 18. The van der Waals surface area contributed by atoms with E-state index in [0.29, 0.717) is 6.42 Å². The molecule has 0 aliphatic carbocycles. The molecule has 3 heteroatoms. The molecule has 1 N–H and O–H groups in total. The minimum atomic E-state index is -0.669. The van der Waals surface area contributed by atoms with Crippen molar-refractivity contribution in [3.63, 3.8) is 0 Å². The molecule has 0 aromatic carbocycles. The molecule has 0 saturated heterocycles. The van der Waals surface area contributed by atoms with Gasteiger partial charge in [-0.3, -0.25) is 9.59 Å². The maximum absolute atomic E-state index is 10.6. The zero-order valence-electron chi connectivity index (χ0n) is 15.2. The summed E-state index contributed by atoms with van der Waals surface area (Å²) in [6.45, 7) is 2.06. The van der Waals surface area contributed by atoms with Gasteiger partial charge in [-0.2, -0.15) is 0 Å². The second-order valence-corrected chi connectivity index (χ2v) is 6.75. The maximum Gasteiger partial charge on any atom is 0.303 e. The summed E-state index contributed by atoms with van der Waals surface area (Å²) in [5.74, 6) is -0.503. The van der Waals surface area contributed by atoms with Crippen LogP contribution >= 0.6 is 0 Å². The van der Waals surface area contributed by atoms with E-state index in [1.165, 1.54) is 70.6 Å². The fraction of sp³-hybridized carbons (Fsp3) is 0.900. The molecule has 135 valence electrons. The first-order valence-corrected chi connectivity index (χ1v) is 9.80. The van der Waals surface area contributed by atoms with Crippen LogP contribution < -0.4 is 0 Å². The van der Waals surface area contributed by atoms with Gasteiger partial charge in [0.05, 0.1) is 0 Å². The highest BCUT2D eigenvalue weighted by Gasteiger charge is 2.04. The number of carboxylic acid groups (broad SMARTS) is 1. The van der Waals surface area contributed by atoms with E-state index >= 15 is 0 Å². The van der Waals surface area contributed by atoms with Gasteiger partial charge in [0.25, 0.3) is 0 Å². The van der Waals surface area contributed by atoms with Gasteiger partial charge in [-0.05, 0) is 19.3 Å². The van der Waals surface area contributed by atoms with Crippen LogP contribution in [0.5, 0.6) is 0 Å². The Morgan fingerprint density at radius 3 is 1.52 bits per heavy atom. The summed E-state index contributed by atoms with van der Waals surface area (Å²) in [7, 11) is 0. The highest BCUT2D eigenvalue weighted by atomic mass is 16.4. The van der Waals surface area contributed by atoms with Crippen molar-refractivity contribution in [2.45, 2.75) is 110 Å². The van der Waals surface area contributed by atoms with Crippen molar-refractivity contribution in [3.05, 3.63) is 0 Å². The Labute approximate surface area is 143 Å². The fourth-order valence-electron chi connectivity index (χ4n) is 2.96. The molecule has 0 saturated carbocycles. The number of hydrogen-bond donors (Lipinski definition) is 1. The molecule has 0 fully saturated rings. The van der Waals surface area contributed by atoms with Crippen LogP contribution in [0.2, 0.25) is 0 Å². The largest absolute Gasteiger partial charge is 0.481 e. The predicted molar refractivity (Wildman–Crippen MR) is 96.4 cm³/mol. The number of unbranched alkanes of at least 4 members (excludes halogenated alkanes) is 12. The Morgan fingerprint density at radius 2 is 1.17 bits per heavy atom. The van der Waals surface area contributed by atoms with Crippen molar-refractivity contribution in [1.82, 2.24) is 0 Å². The Morgan fingerprint density at radius 1 is 0.783 bits per heavy atom. The highest BCUT2D eigenvalue weighted by Crippen LogP contribution is 2.15. The van der Waals surface area contributed by atoms with Crippen LogP contribution in [0, 0.1) is 5.92 Å². The molecule has 23 heavy (non-hydrogen) atoms. The number of carbonyl (C=O) groups excluding carboxylic acids is 1. The Kier molecular flexibility index (Phi) is 16.8. The van der Waals surface area contributed by atoms with Crippen LogP contribution in [0.1, 0.15) is 110 Å². The second kappa shape index (κ2) is 17.5. The van der Waals surface area contributed by atoms with Crippen molar-refractivity contribution < 1.29 is 14.7 Å². The Balaban J connectivity index is 3.08. The van der Waals surface area contributed by atoms with E-state index in [0.717, 1.165) is 25.7 Å². The average Bonchev–Trinajstić information content (AvgIpc) is 2.54. The lowest BCUT2D eigenvalue weighted by Gasteiger charge is -2.06. The molecule has 0 aromatic rings. The minimum Gasteiger partial charge on any atom is -0.481 e. The summed E-state index contributed by atoms with van der Waals surface area (Å²) in [6.07, 6.45) is 20.5. The van der Waals surface area contributed by atoms with Crippen molar-refractivity contribution in [2.75, 3.05) is 0 Å². The van der Waals surface area contributed by atoms with Crippen LogP contribution in [0.3, 0.4) is 0 Å². The van der Waals surface area contributed by atoms with E-state index in [9.17, 15) is 9.59 Å². The first-order valence-electron chi connectivity index (χ1n) is 9.80. The molecule has 1 atom stereocenters. The molecule has 0 amide bonds. The third-order valence-corrected chi connectivity index (χ3v) is 4.60. The number of carboxylic acids is 1. The van der Waals surface area contributed by atoms with Crippen molar-refractivity contribution >= 4 is 12.3 Å². The molecule has 0 aliphatic heterocycles. The monoisotopic (exact) mass is 325 g/mol. The molecular formula is C20H37O3. The summed E-state index contributed by atoms with van der Waals surface area (Å²) in [5, 5.41) is 8.54. The van der Waals surface area contributed by atoms with Gasteiger partial charge in [0.2, 0.25) is 6.29 Å². The standard InChI is InChI=1S/C20H37O3/c1-2-19(18-21)16-14-12-10-8-6-4-3-5-7-9-11-13-15-17-20(22)23/h19H,2-17H2,1H3,(H,22,23). The Hall–Kier alpha value is -0.860. The van der Waals surface area contributed by atoms with Crippen molar-refractivity contribution in [1.29, 1.82) is 0 Å². The molecule has 1 unspecified atom stereocenters. The first kappa shape index (κ1) is 22.1. The number of aliphatic carboxylic acids is 1. The molecule has 0 spiro atoms. The zero-order chi connectivity index (χ0) is 17.2. The lowest BCUT2D eigenvalue weighted by molar-refractivity contribution is -0.137. The van der Waals surface area contributed by atoms with Gasteiger partial charge in [-0.15, -0.1) is 0 Å². The average molecular weight is 326 g/mol. The van der Waals surface area contributed by atoms with Gasteiger partial charge in [0, 0.05) is 12.3 Å². The maximum atomic E-state index is 10.6. The topological polar surface area (TPSA) is 54.4 Å². The zero-order valence-corrected chi connectivity index (χ0v) is 15.2. The molecule has 0 bridgehead atoms. The molecule has 1 radical (unpaired) electrons. The van der Waals surface area contributed by atoms with E-state index in [1.54, 1.807) is 0 Å². The third-order valence-electron chi connectivity index (χ3n) is 4.60. The molecular weight excluding hydrogens is 288 g/mol. The van der Waals surface area contributed by atoms with Gasteiger partial charge in [0.1, 0.15) is 0 Å². The lowest BCUT2D eigenvalue weighted by Crippen LogP contribution is -1.99. The van der Waals surface area contributed by atoms with Gasteiger partial charge in [-0.1, -0.05) is 84.0 Å². The number of hydrogen-bond acceptors (Lipinski definition) is 2. The molecule has 0 aliphatic rings. The van der Waals surface area contributed by atoms with E-state index in [-0.39, 0.29) is 5.92 Å². The minimum absolute atomic E-state index is 0.166. The van der Waals surface area contributed by atoms with E-state index in [2.05, 4.69) is 13.2 Å². The number of carbonyl (C=O) groups is 1. The summed E-state index contributed by atoms with van der Waals surface area (Å²) in [6, 6.07) is 0. The van der Waals surface area contributed by atoms with Gasteiger partial charge >= 0.3 is 5.97 Å². The molecule has 0 rings (SSSR count). The van der Waals surface area contributed by atoms with E-state index in [4.69, 9.17) is 5.11 Å². The van der Waals surface area contributed by atoms with Gasteiger partial charge < -0.3 is 5.11 Å². The summed E-state index contributed by atoms with van der Waals surface area (Å²) in [4.78, 5) is 20.9. The SMILES string of the molecule is CCC([C]=O)CCCCCCCCCCCCCCCC(=O)O. The quantitative estimate of drug-likeness (QED) is 0.312.